The van der Waals surface area contributed by atoms with Gasteiger partial charge in [0.2, 0.25) is 0 Å². The third-order valence-electron chi connectivity index (χ3n) is 6.41. The molecule has 8 heteroatoms. The molecule has 1 fully saturated rings. The average molecular weight is 458 g/mol. The zero-order valence-corrected chi connectivity index (χ0v) is 19.3. The van der Waals surface area contributed by atoms with E-state index in [0.29, 0.717) is 41.7 Å². The summed E-state index contributed by atoms with van der Waals surface area (Å²) in [6, 6.07) is 13.8. The van der Waals surface area contributed by atoms with Crippen LogP contribution in [0.25, 0.3) is 32.7 Å². The molecular weight excluding hydrogens is 434 g/mol. The SMILES string of the molecule is Cc1nn(C)c2nc(-c3ccco3)cc(C(=O)N3CCC(c4nc5ccccc5s4)CC3)c12. The van der Waals surface area contributed by atoms with Crippen LogP contribution in [-0.4, -0.2) is 43.6 Å². The second-order valence-corrected chi connectivity index (χ2v) is 9.59. The smallest absolute Gasteiger partial charge is 0.254 e. The van der Waals surface area contributed by atoms with E-state index in [9.17, 15) is 4.79 Å². The number of piperidine rings is 1. The lowest BCUT2D eigenvalue weighted by atomic mass is 9.96. The molecule has 0 spiro atoms. The molecule has 1 saturated heterocycles. The number of thiazole rings is 1. The lowest BCUT2D eigenvalue weighted by molar-refractivity contribution is 0.0715. The maximum Gasteiger partial charge on any atom is 0.254 e. The van der Waals surface area contributed by atoms with Crippen molar-refractivity contribution < 1.29 is 9.21 Å². The Morgan fingerprint density at radius 2 is 1.94 bits per heavy atom. The maximum absolute atomic E-state index is 13.7. The summed E-state index contributed by atoms with van der Waals surface area (Å²) in [4.78, 5) is 25.2. The molecule has 4 aromatic heterocycles. The first-order valence-corrected chi connectivity index (χ1v) is 11.9. The number of aryl methyl sites for hydroxylation is 2. The minimum atomic E-state index is 0.0223. The number of para-hydroxylation sites is 1. The zero-order chi connectivity index (χ0) is 22.5. The fourth-order valence-corrected chi connectivity index (χ4v) is 5.87. The molecular formula is C25H23N5O2S. The van der Waals surface area contributed by atoms with Crippen LogP contribution in [0.3, 0.4) is 0 Å². The van der Waals surface area contributed by atoms with Gasteiger partial charge in [-0.05, 0) is 50.1 Å². The molecule has 0 N–H and O–H groups in total. The molecule has 0 saturated carbocycles. The summed E-state index contributed by atoms with van der Waals surface area (Å²) in [6.45, 7) is 3.34. The highest BCUT2D eigenvalue weighted by molar-refractivity contribution is 7.18. The molecule has 1 aliphatic rings. The Balaban J connectivity index is 1.30. The fraction of sp³-hybridized carbons (Fsp3) is 0.280. The van der Waals surface area contributed by atoms with E-state index in [-0.39, 0.29) is 5.91 Å². The molecule has 0 radical (unpaired) electrons. The van der Waals surface area contributed by atoms with E-state index < -0.39 is 0 Å². The van der Waals surface area contributed by atoms with Crippen molar-refractivity contribution >= 4 is 38.5 Å². The summed E-state index contributed by atoms with van der Waals surface area (Å²) in [5.74, 6) is 1.05. The normalized spacial score (nSPS) is 15.0. The highest BCUT2D eigenvalue weighted by Gasteiger charge is 2.29. The number of hydrogen-bond acceptors (Lipinski definition) is 6. The highest BCUT2D eigenvalue weighted by Crippen LogP contribution is 2.35. The molecule has 0 unspecified atom stereocenters. The van der Waals surface area contributed by atoms with Crippen molar-refractivity contribution in [2.75, 3.05) is 13.1 Å². The summed E-state index contributed by atoms with van der Waals surface area (Å²) >= 11 is 1.77. The maximum atomic E-state index is 13.7. The third kappa shape index (κ3) is 3.41. The van der Waals surface area contributed by atoms with Gasteiger partial charge >= 0.3 is 0 Å². The molecule has 0 atom stereocenters. The number of carbonyl (C=O) groups is 1. The highest BCUT2D eigenvalue weighted by atomic mass is 32.1. The molecule has 0 aliphatic carbocycles. The van der Waals surface area contributed by atoms with Crippen molar-refractivity contribution in [3.05, 3.63) is 65.0 Å². The Bertz CT molecular complexity index is 1440. The molecule has 0 bridgehead atoms. The van der Waals surface area contributed by atoms with Crippen LogP contribution < -0.4 is 0 Å². The van der Waals surface area contributed by atoms with Crippen LogP contribution in [0.5, 0.6) is 0 Å². The number of likely N-dealkylation sites (tertiary alicyclic amines) is 1. The second kappa shape index (κ2) is 7.81. The number of carbonyl (C=O) groups excluding carboxylic acids is 1. The first kappa shape index (κ1) is 20.1. The van der Waals surface area contributed by atoms with E-state index >= 15 is 0 Å². The zero-order valence-electron chi connectivity index (χ0n) is 18.5. The molecule has 33 heavy (non-hydrogen) atoms. The van der Waals surface area contributed by atoms with Crippen LogP contribution >= 0.6 is 11.3 Å². The standard InChI is InChI=1S/C25H23N5O2S/c1-15-22-17(14-19(20-7-5-13-32-20)26-23(22)29(2)28-15)25(31)30-11-9-16(10-12-30)24-27-18-6-3-4-8-21(18)33-24/h3-8,13-14,16H,9-12H2,1-2H3. The van der Waals surface area contributed by atoms with Gasteiger partial charge in [0.1, 0.15) is 5.69 Å². The van der Waals surface area contributed by atoms with Crippen LogP contribution in [0, 0.1) is 6.92 Å². The van der Waals surface area contributed by atoms with Gasteiger partial charge in [0, 0.05) is 26.1 Å². The number of fused-ring (bicyclic) bond motifs is 2. The van der Waals surface area contributed by atoms with Gasteiger partial charge in [-0.2, -0.15) is 5.10 Å². The minimum Gasteiger partial charge on any atom is -0.463 e. The first-order chi connectivity index (χ1) is 16.1. The van der Waals surface area contributed by atoms with Crippen molar-refractivity contribution in [2.45, 2.75) is 25.7 Å². The number of nitrogens with zero attached hydrogens (tertiary/aromatic N) is 5. The van der Waals surface area contributed by atoms with Gasteiger partial charge in [-0.15, -0.1) is 11.3 Å². The molecule has 5 heterocycles. The lowest BCUT2D eigenvalue weighted by Gasteiger charge is -2.31. The van der Waals surface area contributed by atoms with Gasteiger partial charge < -0.3 is 9.32 Å². The molecule has 1 amide bonds. The van der Waals surface area contributed by atoms with E-state index in [1.165, 1.54) is 9.71 Å². The van der Waals surface area contributed by atoms with Crippen molar-refractivity contribution in [2.24, 2.45) is 7.05 Å². The van der Waals surface area contributed by atoms with Crippen molar-refractivity contribution in [3.63, 3.8) is 0 Å². The summed E-state index contributed by atoms with van der Waals surface area (Å²) in [5, 5.41) is 6.51. The number of aromatic nitrogens is 4. The predicted molar refractivity (Wildman–Crippen MR) is 128 cm³/mol. The topological polar surface area (TPSA) is 77.0 Å². The summed E-state index contributed by atoms with van der Waals surface area (Å²) < 4.78 is 8.51. The van der Waals surface area contributed by atoms with Crippen LogP contribution in [0.15, 0.2) is 53.1 Å². The van der Waals surface area contributed by atoms with Gasteiger partial charge in [0.15, 0.2) is 11.4 Å². The van der Waals surface area contributed by atoms with Gasteiger partial charge in [0.05, 0.1) is 38.1 Å². The predicted octanol–water partition coefficient (Wildman–Crippen LogP) is 5.17. The molecule has 1 aliphatic heterocycles. The molecule has 6 rings (SSSR count). The van der Waals surface area contributed by atoms with Crippen LogP contribution in [0.2, 0.25) is 0 Å². The third-order valence-corrected chi connectivity index (χ3v) is 7.61. The Kier molecular flexibility index (Phi) is 4.76. The van der Waals surface area contributed by atoms with Crippen molar-refractivity contribution in [1.29, 1.82) is 0 Å². The largest absolute Gasteiger partial charge is 0.463 e. The first-order valence-electron chi connectivity index (χ1n) is 11.1. The van der Waals surface area contributed by atoms with E-state index in [2.05, 4.69) is 23.3 Å². The Labute approximate surface area is 194 Å². The monoisotopic (exact) mass is 457 g/mol. The van der Waals surface area contributed by atoms with Crippen LogP contribution in [0.4, 0.5) is 0 Å². The minimum absolute atomic E-state index is 0.0223. The summed E-state index contributed by atoms with van der Waals surface area (Å²) in [5.41, 5.74) is 3.83. The number of furan rings is 1. The number of rotatable bonds is 3. The van der Waals surface area contributed by atoms with Gasteiger partial charge in [-0.1, -0.05) is 12.1 Å². The van der Waals surface area contributed by atoms with E-state index in [0.717, 1.165) is 29.4 Å². The van der Waals surface area contributed by atoms with E-state index in [1.807, 2.05) is 43.1 Å². The van der Waals surface area contributed by atoms with Crippen LogP contribution in [0.1, 0.15) is 39.8 Å². The molecule has 166 valence electrons. The Morgan fingerprint density at radius 3 is 2.70 bits per heavy atom. The van der Waals surface area contributed by atoms with E-state index in [1.54, 1.807) is 22.3 Å². The Morgan fingerprint density at radius 1 is 1.12 bits per heavy atom. The number of pyridine rings is 1. The molecule has 1 aromatic carbocycles. The van der Waals surface area contributed by atoms with Gasteiger partial charge in [-0.25, -0.2) is 9.97 Å². The molecule has 7 nitrogen and oxygen atoms in total. The van der Waals surface area contributed by atoms with Crippen LogP contribution in [-0.2, 0) is 7.05 Å². The van der Waals surface area contributed by atoms with Gasteiger partial charge in [-0.3, -0.25) is 9.48 Å². The Hall–Kier alpha value is -3.52. The average Bonchev–Trinajstić information content (AvgIpc) is 3.58. The van der Waals surface area contributed by atoms with E-state index in [4.69, 9.17) is 14.4 Å². The van der Waals surface area contributed by atoms with Crippen molar-refractivity contribution in [1.82, 2.24) is 24.6 Å². The number of hydrogen-bond donors (Lipinski definition) is 0. The molecule has 5 aromatic rings. The second-order valence-electron chi connectivity index (χ2n) is 8.53. The van der Waals surface area contributed by atoms with Gasteiger partial charge in [0.25, 0.3) is 5.91 Å². The summed E-state index contributed by atoms with van der Waals surface area (Å²) in [6.07, 6.45) is 3.44. The fourth-order valence-electron chi connectivity index (χ4n) is 4.73. The lowest BCUT2D eigenvalue weighted by Crippen LogP contribution is -2.38. The number of amides is 1. The quantitative estimate of drug-likeness (QED) is 0.374. The number of benzene rings is 1. The van der Waals surface area contributed by atoms with Crippen molar-refractivity contribution in [3.8, 4) is 11.5 Å². The summed E-state index contributed by atoms with van der Waals surface area (Å²) in [7, 11) is 1.85.